The lowest BCUT2D eigenvalue weighted by molar-refractivity contribution is 0.0951. The van der Waals surface area contributed by atoms with Crippen LogP contribution in [0.1, 0.15) is 15.9 Å². The molecule has 0 heterocycles. The van der Waals surface area contributed by atoms with Gasteiger partial charge in [0, 0.05) is 12.2 Å². The molecule has 0 saturated carbocycles. The number of hydrogen-bond acceptors (Lipinski definition) is 4. The molecule has 3 rings (SSSR count). The van der Waals surface area contributed by atoms with Crippen LogP contribution < -0.4 is 14.8 Å². The predicted octanol–water partition coefficient (Wildman–Crippen LogP) is 4.22. The van der Waals surface area contributed by atoms with Crippen molar-refractivity contribution in [3.05, 3.63) is 88.7 Å². The minimum atomic E-state index is -3.87. The van der Waals surface area contributed by atoms with E-state index in [2.05, 4.69) is 10.0 Å². The number of ether oxygens (including phenoxy) is 1. The van der Waals surface area contributed by atoms with Gasteiger partial charge in [0.2, 0.25) is 0 Å². The zero-order valence-corrected chi connectivity index (χ0v) is 17.4. The summed E-state index contributed by atoms with van der Waals surface area (Å²) in [5, 5.41) is 2.84. The molecule has 0 radical (unpaired) electrons. The van der Waals surface area contributed by atoms with Crippen molar-refractivity contribution < 1.29 is 22.3 Å². The van der Waals surface area contributed by atoms with Crippen molar-refractivity contribution in [1.29, 1.82) is 0 Å². The molecule has 0 saturated heterocycles. The Kier molecular flexibility index (Phi) is 6.59. The third-order valence-electron chi connectivity index (χ3n) is 4.20. The second kappa shape index (κ2) is 9.15. The molecule has 1 amide bonds. The van der Waals surface area contributed by atoms with Crippen LogP contribution in [0.2, 0.25) is 5.02 Å². The molecule has 3 aromatic carbocycles. The molecular formula is C21H18ClFN2O4S. The maximum Gasteiger partial charge on any atom is 0.261 e. The first kappa shape index (κ1) is 21.6. The maximum absolute atomic E-state index is 13.0. The average Bonchev–Trinajstić information content (AvgIpc) is 2.74. The third-order valence-corrected chi connectivity index (χ3v) is 5.93. The monoisotopic (exact) mass is 448 g/mol. The van der Waals surface area contributed by atoms with Gasteiger partial charge in [-0.15, -0.1) is 0 Å². The Morgan fingerprint density at radius 1 is 1.03 bits per heavy atom. The van der Waals surface area contributed by atoms with Crippen LogP contribution in [0.25, 0.3) is 0 Å². The van der Waals surface area contributed by atoms with Crippen molar-refractivity contribution in [3.8, 4) is 5.75 Å². The molecule has 0 fully saturated rings. The van der Waals surface area contributed by atoms with E-state index in [1.54, 1.807) is 12.1 Å². The number of amides is 1. The molecule has 0 aromatic heterocycles. The number of rotatable bonds is 7. The molecule has 156 valence electrons. The van der Waals surface area contributed by atoms with Crippen LogP contribution in [0.15, 0.2) is 71.6 Å². The number of halogens is 2. The van der Waals surface area contributed by atoms with E-state index in [0.717, 1.165) is 0 Å². The highest BCUT2D eigenvalue weighted by atomic mass is 35.5. The SMILES string of the molecule is COc1ccc(S(=O)(=O)Nc2ccc(Cl)c(C(=O)NCc3ccc(F)cc3)c2)cc1. The molecule has 6 nitrogen and oxygen atoms in total. The fourth-order valence-corrected chi connectivity index (χ4v) is 3.86. The van der Waals surface area contributed by atoms with Gasteiger partial charge in [-0.25, -0.2) is 12.8 Å². The van der Waals surface area contributed by atoms with E-state index in [-0.39, 0.29) is 33.5 Å². The van der Waals surface area contributed by atoms with Crippen molar-refractivity contribution in [2.24, 2.45) is 0 Å². The van der Waals surface area contributed by atoms with Crippen molar-refractivity contribution in [1.82, 2.24) is 5.32 Å². The number of anilines is 1. The van der Waals surface area contributed by atoms with E-state index in [1.807, 2.05) is 0 Å². The summed E-state index contributed by atoms with van der Waals surface area (Å²) in [6.45, 7) is 0.164. The van der Waals surface area contributed by atoms with Crippen LogP contribution in [-0.2, 0) is 16.6 Å². The molecule has 30 heavy (non-hydrogen) atoms. The second-order valence-corrected chi connectivity index (χ2v) is 8.37. The first-order valence-corrected chi connectivity index (χ1v) is 10.6. The van der Waals surface area contributed by atoms with Crippen LogP contribution in [0.5, 0.6) is 5.75 Å². The van der Waals surface area contributed by atoms with Gasteiger partial charge in [0.05, 0.1) is 22.6 Å². The van der Waals surface area contributed by atoms with Gasteiger partial charge in [0.1, 0.15) is 11.6 Å². The van der Waals surface area contributed by atoms with Crippen LogP contribution in [0, 0.1) is 5.82 Å². The fraction of sp³-hybridized carbons (Fsp3) is 0.0952. The summed E-state index contributed by atoms with van der Waals surface area (Å²) in [5.41, 5.74) is 0.994. The molecular weight excluding hydrogens is 431 g/mol. The standard InChI is InChI=1S/C21H18ClFN2O4S/c1-29-17-7-9-18(10-8-17)30(27,28)25-16-6-11-20(22)19(12-16)21(26)24-13-14-2-4-15(23)5-3-14/h2-12,25H,13H2,1H3,(H,24,26). The normalized spacial score (nSPS) is 11.0. The minimum absolute atomic E-state index is 0.0422. The summed E-state index contributed by atoms with van der Waals surface area (Å²) in [6, 6.07) is 15.8. The van der Waals surface area contributed by atoms with Crippen molar-refractivity contribution in [2.75, 3.05) is 11.8 Å². The lowest BCUT2D eigenvalue weighted by atomic mass is 10.1. The van der Waals surface area contributed by atoms with Gasteiger partial charge < -0.3 is 10.1 Å². The molecule has 2 N–H and O–H groups in total. The van der Waals surface area contributed by atoms with Crippen LogP contribution in [0.3, 0.4) is 0 Å². The van der Waals surface area contributed by atoms with Gasteiger partial charge in [-0.1, -0.05) is 23.7 Å². The Morgan fingerprint density at radius 2 is 1.70 bits per heavy atom. The molecule has 0 aliphatic rings. The van der Waals surface area contributed by atoms with E-state index in [0.29, 0.717) is 11.3 Å². The van der Waals surface area contributed by atoms with E-state index in [9.17, 15) is 17.6 Å². The first-order valence-electron chi connectivity index (χ1n) is 8.77. The number of methoxy groups -OCH3 is 1. The Labute approximate surface area is 178 Å². The fourth-order valence-electron chi connectivity index (χ4n) is 2.61. The zero-order valence-electron chi connectivity index (χ0n) is 15.9. The number of nitrogens with one attached hydrogen (secondary N) is 2. The van der Waals surface area contributed by atoms with Gasteiger partial charge in [-0.2, -0.15) is 0 Å². The predicted molar refractivity (Wildman–Crippen MR) is 113 cm³/mol. The van der Waals surface area contributed by atoms with Gasteiger partial charge in [-0.3, -0.25) is 9.52 Å². The molecule has 0 atom stereocenters. The highest BCUT2D eigenvalue weighted by Gasteiger charge is 2.17. The summed E-state index contributed by atoms with van der Waals surface area (Å²) in [7, 11) is -2.38. The minimum Gasteiger partial charge on any atom is -0.497 e. The molecule has 0 aliphatic heterocycles. The van der Waals surface area contributed by atoms with Gasteiger partial charge in [0.25, 0.3) is 15.9 Å². The lowest BCUT2D eigenvalue weighted by Crippen LogP contribution is -2.23. The Bertz CT molecular complexity index is 1150. The zero-order chi connectivity index (χ0) is 21.7. The summed E-state index contributed by atoms with van der Waals surface area (Å²) in [6.07, 6.45) is 0. The Hall–Kier alpha value is -3.10. The van der Waals surface area contributed by atoms with Crippen LogP contribution in [-0.4, -0.2) is 21.4 Å². The third kappa shape index (κ3) is 5.28. The van der Waals surface area contributed by atoms with Crippen LogP contribution >= 0.6 is 11.6 Å². The Balaban J connectivity index is 1.75. The van der Waals surface area contributed by atoms with Crippen molar-refractivity contribution in [2.45, 2.75) is 11.4 Å². The molecule has 0 bridgehead atoms. The quantitative estimate of drug-likeness (QED) is 0.566. The maximum atomic E-state index is 13.0. The summed E-state index contributed by atoms with van der Waals surface area (Å²) >= 11 is 6.11. The van der Waals surface area contributed by atoms with Gasteiger partial charge in [0.15, 0.2) is 0 Å². The van der Waals surface area contributed by atoms with E-state index >= 15 is 0 Å². The van der Waals surface area contributed by atoms with Gasteiger partial charge >= 0.3 is 0 Å². The molecule has 9 heteroatoms. The number of benzene rings is 3. The smallest absolute Gasteiger partial charge is 0.261 e. The number of hydrogen-bond donors (Lipinski definition) is 2. The summed E-state index contributed by atoms with van der Waals surface area (Å²) in [4.78, 5) is 12.5. The Morgan fingerprint density at radius 3 is 2.33 bits per heavy atom. The highest BCUT2D eigenvalue weighted by molar-refractivity contribution is 7.92. The second-order valence-electron chi connectivity index (χ2n) is 6.28. The van der Waals surface area contributed by atoms with Gasteiger partial charge in [-0.05, 0) is 60.2 Å². The number of carbonyl (C=O) groups is 1. The number of carbonyl (C=O) groups excluding carboxylic acids is 1. The highest BCUT2D eigenvalue weighted by Crippen LogP contribution is 2.24. The van der Waals surface area contributed by atoms with E-state index in [1.165, 1.54) is 61.7 Å². The topological polar surface area (TPSA) is 84.5 Å². The molecule has 0 aliphatic carbocycles. The van der Waals surface area contributed by atoms with E-state index < -0.39 is 15.9 Å². The lowest BCUT2D eigenvalue weighted by Gasteiger charge is -2.12. The van der Waals surface area contributed by atoms with Crippen molar-refractivity contribution in [3.63, 3.8) is 0 Å². The average molecular weight is 449 g/mol. The molecule has 0 unspecified atom stereocenters. The number of sulfonamides is 1. The molecule has 3 aromatic rings. The van der Waals surface area contributed by atoms with Crippen molar-refractivity contribution >= 4 is 33.2 Å². The summed E-state index contributed by atoms with van der Waals surface area (Å²) in [5.74, 6) is -0.333. The largest absolute Gasteiger partial charge is 0.497 e. The molecule has 0 spiro atoms. The summed E-state index contributed by atoms with van der Waals surface area (Å²) < 4.78 is 45.6. The van der Waals surface area contributed by atoms with Crippen LogP contribution in [0.4, 0.5) is 10.1 Å². The first-order chi connectivity index (χ1) is 14.3. The van der Waals surface area contributed by atoms with E-state index in [4.69, 9.17) is 16.3 Å².